The molecule has 1 fully saturated rings. The van der Waals surface area contributed by atoms with Crippen LogP contribution in [-0.2, 0) is 6.42 Å². The summed E-state index contributed by atoms with van der Waals surface area (Å²) < 4.78 is 26.7. The van der Waals surface area contributed by atoms with Crippen LogP contribution in [0.5, 0.6) is 0 Å². The summed E-state index contributed by atoms with van der Waals surface area (Å²) in [5, 5.41) is 2.68. The smallest absolute Gasteiger partial charge is 0.323 e. The molecule has 0 atom stereocenters. The molecule has 148 valence electrons. The number of hydrogen-bond acceptors (Lipinski definition) is 3. The van der Waals surface area contributed by atoms with Crippen molar-refractivity contribution >= 4 is 17.8 Å². The van der Waals surface area contributed by atoms with Gasteiger partial charge in [0.05, 0.1) is 0 Å². The number of carbonyl (C=O) groups excluding carboxylic acids is 2. The minimum absolute atomic E-state index is 0.0875. The summed E-state index contributed by atoms with van der Waals surface area (Å²) in [5.74, 6) is -1.09. The van der Waals surface area contributed by atoms with Crippen LogP contribution in [0.2, 0.25) is 0 Å². The van der Waals surface area contributed by atoms with Crippen molar-refractivity contribution in [2.45, 2.75) is 25.7 Å². The van der Waals surface area contributed by atoms with Crippen LogP contribution in [0.1, 0.15) is 35.3 Å². The topological polar surface area (TPSA) is 88.3 Å². The van der Waals surface area contributed by atoms with E-state index < -0.39 is 17.5 Å². The minimum atomic E-state index is -0.658. The standard InChI is InChI=1S/C20H22F2N4O2/c21-15-7-6-14(16(22)12-15)5-4-13-8-10-26(11-9-13)20(28)25-18-3-1-2-17(24-18)19(23)27/h1-3,6-7,12-13H,4-5,8-11H2,(H2,23,27)(H,24,25,28). The molecule has 28 heavy (non-hydrogen) atoms. The fraction of sp³-hybridized carbons (Fsp3) is 0.350. The first-order chi connectivity index (χ1) is 13.4. The van der Waals surface area contributed by atoms with Gasteiger partial charge in [-0.05, 0) is 55.4 Å². The molecule has 1 saturated heterocycles. The van der Waals surface area contributed by atoms with Crippen LogP contribution >= 0.6 is 0 Å². The Labute approximate surface area is 161 Å². The number of likely N-dealkylation sites (tertiary alicyclic amines) is 1. The van der Waals surface area contributed by atoms with Crippen LogP contribution in [0.3, 0.4) is 0 Å². The molecule has 6 nitrogen and oxygen atoms in total. The Hall–Kier alpha value is -3.03. The molecule has 2 heterocycles. The van der Waals surface area contributed by atoms with Crippen LogP contribution in [0.4, 0.5) is 19.4 Å². The number of halogens is 2. The van der Waals surface area contributed by atoms with Gasteiger partial charge in [0.1, 0.15) is 23.1 Å². The fourth-order valence-corrected chi connectivity index (χ4v) is 3.34. The summed E-state index contributed by atoms with van der Waals surface area (Å²) in [5.41, 5.74) is 5.80. The Morgan fingerprint density at radius 3 is 2.61 bits per heavy atom. The zero-order valence-electron chi connectivity index (χ0n) is 15.3. The maximum Gasteiger partial charge on any atom is 0.323 e. The van der Waals surface area contributed by atoms with Gasteiger partial charge in [0.2, 0.25) is 0 Å². The Morgan fingerprint density at radius 1 is 1.18 bits per heavy atom. The maximum atomic E-state index is 13.7. The van der Waals surface area contributed by atoms with Gasteiger partial charge in [-0.25, -0.2) is 18.6 Å². The zero-order valence-corrected chi connectivity index (χ0v) is 15.3. The minimum Gasteiger partial charge on any atom is -0.364 e. The lowest BCUT2D eigenvalue weighted by Crippen LogP contribution is -2.41. The molecule has 0 bridgehead atoms. The van der Waals surface area contributed by atoms with Crippen molar-refractivity contribution < 1.29 is 18.4 Å². The highest BCUT2D eigenvalue weighted by Gasteiger charge is 2.23. The van der Waals surface area contributed by atoms with Crippen molar-refractivity contribution in [3.8, 4) is 0 Å². The number of nitrogens with two attached hydrogens (primary N) is 1. The Morgan fingerprint density at radius 2 is 1.93 bits per heavy atom. The van der Waals surface area contributed by atoms with Gasteiger partial charge in [0.25, 0.3) is 5.91 Å². The molecule has 1 aromatic heterocycles. The molecular weight excluding hydrogens is 366 g/mol. The van der Waals surface area contributed by atoms with E-state index in [9.17, 15) is 18.4 Å². The maximum absolute atomic E-state index is 13.7. The van der Waals surface area contributed by atoms with Crippen molar-refractivity contribution in [3.05, 3.63) is 59.3 Å². The zero-order chi connectivity index (χ0) is 20.1. The van der Waals surface area contributed by atoms with E-state index in [-0.39, 0.29) is 17.5 Å². The molecule has 1 aromatic carbocycles. The van der Waals surface area contributed by atoms with E-state index in [2.05, 4.69) is 10.3 Å². The lowest BCUT2D eigenvalue weighted by Gasteiger charge is -2.32. The SMILES string of the molecule is NC(=O)c1cccc(NC(=O)N2CCC(CCc3ccc(F)cc3F)CC2)n1. The van der Waals surface area contributed by atoms with Gasteiger partial charge in [-0.2, -0.15) is 0 Å². The Bertz CT molecular complexity index is 867. The summed E-state index contributed by atoms with van der Waals surface area (Å²) in [6.45, 7) is 1.16. The van der Waals surface area contributed by atoms with Gasteiger partial charge in [0.15, 0.2) is 0 Å². The van der Waals surface area contributed by atoms with Gasteiger partial charge in [-0.3, -0.25) is 10.1 Å². The van der Waals surface area contributed by atoms with E-state index in [1.54, 1.807) is 17.0 Å². The van der Waals surface area contributed by atoms with Crippen molar-refractivity contribution in [2.24, 2.45) is 11.7 Å². The number of aromatic nitrogens is 1. The first-order valence-corrected chi connectivity index (χ1v) is 9.19. The first-order valence-electron chi connectivity index (χ1n) is 9.19. The van der Waals surface area contributed by atoms with E-state index in [0.717, 1.165) is 25.3 Å². The summed E-state index contributed by atoms with van der Waals surface area (Å²) in [6, 6.07) is 8.05. The van der Waals surface area contributed by atoms with E-state index in [4.69, 9.17) is 5.73 Å². The van der Waals surface area contributed by atoms with Crippen molar-refractivity contribution in [2.75, 3.05) is 18.4 Å². The Balaban J connectivity index is 1.47. The fourth-order valence-electron chi connectivity index (χ4n) is 3.34. The molecule has 8 heteroatoms. The molecule has 0 saturated carbocycles. The molecule has 0 radical (unpaired) electrons. The normalized spacial score (nSPS) is 14.7. The van der Waals surface area contributed by atoms with Gasteiger partial charge in [-0.1, -0.05) is 12.1 Å². The van der Waals surface area contributed by atoms with E-state index >= 15 is 0 Å². The molecular formula is C20H22F2N4O2. The molecule has 3 rings (SSSR count). The Kier molecular flexibility index (Phi) is 6.18. The van der Waals surface area contributed by atoms with E-state index in [1.807, 2.05) is 0 Å². The van der Waals surface area contributed by atoms with Crippen LogP contribution < -0.4 is 11.1 Å². The van der Waals surface area contributed by atoms with Gasteiger partial charge < -0.3 is 10.6 Å². The monoisotopic (exact) mass is 388 g/mol. The first kappa shape index (κ1) is 19.7. The quantitative estimate of drug-likeness (QED) is 0.823. The van der Waals surface area contributed by atoms with Crippen LogP contribution in [0.15, 0.2) is 36.4 Å². The van der Waals surface area contributed by atoms with Gasteiger partial charge in [-0.15, -0.1) is 0 Å². The highest BCUT2D eigenvalue weighted by atomic mass is 19.1. The lowest BCUT2D eigenvalue weighted by atomic mass is 9.90. The van der Waals surface area contributed by atoms with Crippen molar-refractivity contribution in [1.29, 1.82) is 0 Å². The number of piperidine rings is 1. The van der Waals surface area contributed by atoms with Crippen LogP contribution in [-0.4, -0.2) is 34.9 Å². The van der Waals surface area contributed by atoms with E-state index in [1.165, 1.54) is 18.2 Å². The number of benzene rings is 1. The molecule has 0 aliphatic carbocycles. The molecule has 3 amide bonds. The van der Waals surface area contributed by atoms with Crippen LogP contribution in [0, 0.1) is 17.6 Å². The average Bonchev–Trinajstić information content (AvgIpc) is 2.68. The highest BCUT2D eigenvalue weighted by molar-refractivity contribution is 5.92. The predicted octanol–water partition coefficient (Wildman–Crippen LogP) is 3.34. The number of urea groups is 1. The van der Waals surface area contributed by atoms with Crippen molar-refractivity contribution in [3.63, 3.8) is 0 Å². The number of pyridine rings is 1. The third-order valence-corrected chi connectivity index (χ3v) is 4.98. The summed E-state index contributed by atoms with van der Waals surface area (Å²) in [4.78, 5) is 29.2. The second-order valence-corrected chi connectivity index (χ2v) is 6.91. The van der Waals surface area contributed by atoms with Gasteiger partial charge in [0, 0.05) is 19.2 Å². The largest absolute Gasteiger partial charge is 0.364 e. The second-order valence-electron chi connectivity index (χ2n) is 6.91. The number of anilines is 1. The lowest BCUT2D eigenvalue weighted by molar-refractivity contribution is 0.0995. The van der Waals surface area contributed by atoms with Crippen LogP contribution in [0.25, 0.3) is 0 Å². The molecule has 0 unspecified atom stereocenters. The number of carbonyl (C=O) groups is 2. The van der Waals surface area contributed by atoms with Crippen molar-refractivity contribution in [1.82, 2.24) is 9.88 Å². The third kappa shape index (κ3) is 5.03. The number of aryl methyl sites for hydroxylation is 1. The highest BCUT2D eigenvalue weighted by Crippen LogP contribution is 2.24. The summed E-state index contributed by atoms with van der Waals surface area (Å²) in [6.07, 6.45) is 2.96. The summed E-state index contributed by atoms with van der Waals surface area (Å²) in [7, 11) is 0. The summed E-state index contributed by atoms with van der Waals surface area (Å²) >= 11 is 0. The molecule has 2 aromatic rings. The third-order valence-electron chi connectivity index (χ3n) is 4.98. The van der Waals surface area contributed by atoms with Gasteiger partial charge >= 0.3 is 6.03 Å². The number of amides is 3. The predicted molar refractivity (Wildman–Crippen MR) is 101 cm³/mol. The number of nitrogens with zero attached hydrogens (tertiary/aromatic N) is 2. The van der Waals surface area contributed by atoms with E-state index in [0.29, 0.717) is 31.0 Å². The molecule has 3 N–H and O–H groups in total. The molecule has 1 aliphatic rings. The number of nitrogens with one attached hydrogen (secondary N) is 1. The number of hydrogen-bond donors (Lipinski definition) is 2. The average molecular weight is 388 g/mol. The number of primary amides is 1. The molecule has 0 spiro atoms. The molecule has 1 aliphatic heterocycles. The second kappa shape index (κ2) is 8.77. The number of rotatable bonds is 5.